The molecule has 1 heterocycles. The minimum Gasteiger partial charge on any atom is -0.317 e. The standard InChI is InChI=1S/C12H16N4O2S/c1-2-16-10-13-15-12(16)8-14-19(17,18)9-11-6-4-3-5-7-11/h3-7,10,14H,2,8-9H2,1H3. The molecule has 0 amide bonds. The summed E-state index contributed by atoms with van der Waals surface area (Å²) >= 11 is 0. The van der Waals surface area contributed by atoms with Crippen LogP contribution < -0.4 is 4.72 Å². The average Bonchev–Trinajstić information content (AvgIpc) is 2.84. The van der Waals surface area contributed by atoms with Crippen molar-refractivity contribution in [3.63, 3.8) is 0 Å². The van der Waals surface area contributed by atoms with Crippen LogP contribution in [0.25, 0.3) is 0 Å². The summed E-state index contributed by atoms with van der Waals surface area (Å²) in [7, 11) is -3.37. The highest BCUT2D eigenvalue weighted by Gasteiger charge is 2.13. The maximum absolute atomic E-state index is 11.9. The summed E-state index contributed by atoms with van der Waals surface area (Å²) in [6, 6.07) is 9.06. The molecule has 2 aromatic rings. The highest BCUT2D eigenvalue weighted by molar-refractivity contribution is 7.88. The van der Waals surface area contributed by atoms with Gasteiger partial charge >= 0.3 is 0 Å². The van der Waals surface area contributed by atoms with Gasteiger partial charge in [-0.15, -0.1) is 10.2 Å². The van der Waals surface area contributed by atoms with Gasteiger partial charge in [-0.2, -0.15) is 0 Å². The molecule has 0 radical (unpaired) electrons. The number of sulfonamides is 1. The third-order valence-electron chi connectivity index (χ3n) is 2.69. The van der Waals surface area contributed by atoms with Crippen molar-refractivity contribution in [3.05, 3.63) is 48.0 Å². The maximum Gasteiger partial charge on any atom is 0.216 e. The normalized spacial score (nSPS) is 11.6. The van der Waals surface area contributed by atoms with Gasteiger partial charge in [0.05, 0.1) is 12.3 Å². The Labute approximate surface area is 112 Å². The van der Waals surface area contributed by atoms with Crippen LogP contribution in [0.4, 0.5) is 0 Å². The first-order valence-electron chi connectivity index (χ1n) is 5.98. The zero-order chi connectivity index (χ0) is 13.7. The summed E-state index contributed by atoms with van der Waals surface area (Å²) in [5.74, 6) is 0.577. The fourth-order valence-electron chi connectivity index (χ4n) is 1.70. The Bertz CT molecular complexity index is 622. The lowest BCUT2D eigenvalue weighted by atomic mass is 10.2. The molecule has 0 fully saturated rings. The van der Waals surface area contributed by atoms with Crippen LogP contribution in [0.2, 0.25) is 0 Å². The van der Waals surface area contributed by atoms with Crippen LogP contribution in [-0.4, -0.2) is 23.2 Å². The molecule has 0 aliphatic heterocycles. The monoisotopic (exact) mass is 280 g/mol. The number of aromatic nitrogens is 3. The summed E-state index contributed by atoms with van der Waals surface area (Å²) in [5.41, 5.74) is 0.756. The Morgan fingerprint density at radius 3 is 2.68 bits per heavy atom. The molecule has 7 heteroatoms. The van der Waals surface area contributed by atoms with E-state index in [9.17, 15) is 8.42 Å². The van der Waals surface area contributed by atoms with E-state index in [1.165, 1.54) is 0 Å². The summed E-state index contributed by atoms with van der Waals surface area (Å²) < 4.78 is 28.2. The van der Waals surface area contributed by atoms with Gasteiger partial charge in [0, 0.05) is 6.54 Å². The van der Waals surface area contributed by atoms with Crippen molar-refractivity contribution in [2.75, 3.05) is 0 Å². The van der Waals surface area contributed by atoms with E-state index in [4.69, 9.17) is 0 Å². The molecule has 0 unspecified atom stereocenters. The Morgan fingerprint density at radius 2 is 2.00 bits per heavy atom. The fourth-order valence-corrected chi connectivity index (χ4v) is 2.78. The smallest absolute Gasteiger partial charge is 0.216 e. The van der Waals surface area contributed by atoms with Gasteiger partial charge in [0.2, 0.25) is 10.0 Å². The lowest BCUT2D eigenvalue weighted by molar-refractivity contribution is 0.574. The molecule has 0 saturated carbocycles. The second kappa shape index (κ2) is 5.94. The van der Waals surface area contributed by atoms with E-state index in [-0.39, 0.29) is 12.3 Å². The van der Waals surface area contributed by atoms with E-state index in [0.717, 1.165) is 5.56 Å². The Balaban J connectivity index is 1.98. The SMILES string of the molecule is CCn1cnnc1CNS(=O)(=O)Cc1ccccc1. The highest BCUT2D eigenvalue weighted by atomic mass is 32.2. The molecule has 0 spiro atoms. The van der Waals surface area contributed by atoms with Gasteiger partial charge in [0.25, 0.3) is 0 Å². The zero-order valence-corrected chi connectivity index (χ0v) is 11.5. The predicted octanol–water partition coefficient (Wildman–Crippen LogP) is 0.918. The molecule has 0 aliphatic rings. The van der Waals surface area contributed by atoms with Crippen molar-refractivity contribution in [1.82, 2.24) is 19.5 Å². The summed E-state index contributed by atoms with van der Waals surface area (Å²) in [5, 5.41) is 7.64. The van der Waals surface area contributed by atoms with E-state index < -0.39 is 10.0 Å². The summed E-state index contributed by atoms with van der Waals surface area (Å²) in [6.07, 6.45) is 1.58. The predicted molar refractivity (Wildman–Crippen MR) is 71.6 cm³/mol. The van der Waals surface area contributed by atoms with Gasteiger partial charge in [0.1, 0.15) is 12.2 Å². The number of aryl methyl sites for hydroxylation is 1. The minimum absolute atomic E-state index is 0.0336. The van der Waals surface area contributed by atoms with Gasteiger partial charge in [-0.25, -0.2) is 13.1 Å². The average molecular weight is 280 g/mol. The van der Waals surface area contributed by atoms with Crippen molar-refractivity contribution in [2.45, 2.75) is 25.8 Å². The van der Waals surface area contributed by atoms with Gasteiger partial charge in [-0.3, -0.25) is 0 Å². The van der Waals surface area contributed by atoms with Crippen LogP contribution in [0, 0.1) is 0 Å². The van der Waals surface area contributed by atoms with Crippen LogP contribution >= 0.6 is 0 Å². The number of hydrogen-bond acceptors (Lipinski definition) is 4. The first-order chi connectivity index (χ1) is 9.11. The van der Waals surface area contributed by atoms with E-state index in [0.29, 0.717) is 12.4 Å². The largest absolute Gasteiger partial charge is 0.317 e. The van der Waals surface area contributed by atoms with Crippen molar-refractivity contribution >= 4 is 10.0 Å². The number of benzene rings is 1. The van der Waals surface area contributed by atoms with Crippen molar-refractivity contribution < 1.29 is 8.42 Å². The molecule has 102 valence electrons. The third-order valence-corrected chi connectivity index (χ3v) is 3.98. The topological polar surface area (TPSA) is 76.9 Å². The van der Waals surface area contributed by atoms with Crippen LogP contribution in [0.1, 0.15) is 18.3 Å². The van der Waals surface area contributed by atoms with E-state index >= 15 is 0 Å². The van der Waals surface area contributed by atoms with Crippen molar-refractivity contribution in [1.29, 1.82) is 0 Å². The molecule has 1 aromatic carbocycles. The molecule has 1 N–H and O–H groups in total. The molecule has 6 nitrogen and oxygen atoms in total. The first kappa shape index (κ1) is 13.7. The fraction of sp³-hybridized carbons (Fsp3) is 0.333. The van der Waals surface area contributed by atoms with E-state index in [2.05, 4.69) is 14.9 Å². The molecular formula is C12H16N4O2S. The lowest BCUT2D eigenvalue weighted by Gasteiger charge is -2.07. The number of nitrogens with zero attached hydrogens (tertiary/aromatic N) is 3. The molecule has 19 heavy (non-hydrogen) atoms. The molecule has 0 atom stereocenters. The quantitative estimate of drug-likeness (QED) is 0.853. The lowest BCUT2D eigenvalue weighted by Crippen LogP contribution is -2.26. The molecular weight excluding hydrogens is 264 g/mol. The second-order valence-electron chi connectivity index (χ2n) is 4.10. The third kappa shape index (κ3) is 3.87. The molecule has 2 rings (SSSR count). The van der Waals surface area contributed by atoms with Crippen LogP contribution in [0.15, 0.2) is 36.7 Å². The second-order valence-corrected chi connectivity index (χ2v) is 5.91. The zero-order valence-electron chi connectivity index (χ0n) is 10.7. The Hall–Kier alpha value is -1.73. The van der Waals surface area contributed by atoms with E-state index in [1.54, 1.807) is 23.0 Å². The summed E-state index contributed by atoms with van der Waals surface area (Å²) in [6.45, 7) is 2.82. The van der Waals surface area contributed by atoms with Crippen LogP contribution in [0.3, 0.4) is 0 Å². The van der Waals surface area contributed by atoms with E-state index in [1.807, 2.05) is 25.1 Å². The highest BCUT2D eigenvalue weighted by Crippen LogP contribution is 2.05. The van der Waals surface area contributed by atoms with Gasteiger partial charge in [-0.1, -0.05) is 30.3 Å². The summed E-state index contributed by atoms with van der Waals surface area (Å²) in [4.78, 5) is 0. The van der Waals surface area contributed by atoms with Gasteiger partial charge in [-0.05, 0) is 12.5 Å². The molecule has 0 bridgehead atoms. The van der Waals surface area contributed by atoms with Crippen molar-refractivity contribution in [2.24, 2.45) is 0 Å². The van der Waals surface area contributed by atoms with Crippen molar-refractivity contribution in [3.8, 4) is 0 Å². The maximum atomic E-state index is 11.9. The number of hydrogen-bond donors (Lipinski definition) is 1. The first-order valence-corrected chi connectivity index (χ1v) is 7.64. The molecule has 1 aromatic heterocycles. The number of rotatable bonds is 6. The van der Waals surface area contributed by atoms with Crippen LogP contribution in [0.5, 0.6) is 0 Å². The van der Waals surface area contributed by atoms with Gasteiger partial charge < -0.3 is 4.57 Å². The molecule has 0 aliphatic carbocycles. The number of nitrogens with one attached hydrogen (secondary N) is 1. The Kier molecular flexibility index (Phi) is 4.28. The Morgan fingerprint density at radius 1 is 1.26 bits per heavy atom. The van der Waals surface area contributed by atoms with Gasteiger partial charge in [0.15, 0.2) is 0 Å². The van der Waals surface area contributed by atoms with Crippen LogP contribution in [-0.2, 0) is 28.9 Å². The minimum atomic E-state index is -3.37. The molecule has 0 saturated heterocycles.